The summed E-state index contributed by atoms with van der Waals surface area (Å²) in [5, 5.41) is 26.8. The van der Waals surface area contributed by atoms with Crippen LogP contribution in [0, 0.1) is 0 Å². The van der Waals surface area contributed by atoms with Crippen molar-refractivity contribution in [3.63, 3.8) is 0 Å². The van der Waals surface area contributed by atoms with Gasteiger partial charge in [-0.3, -0.25) is 9.59 Å². The Labute approximate surface area is 192 Å². The first kappa shape index (κ1) is 22.7. The molecule has 33 heavy (non-hydrogen) atoms. The van der Waals surface area contributed by atoms with E-state index < -0.39 is 17.8 Å². The molecule has 0 saturated carbocycles. The molecule has 0 bridgehead atoms. The van der Waals surface area contributed by atoms with E-state index >= 15 is 0 Å². The van der Waals surface area contributed by atoms with Crippen LogP contribution in [0.1, 0.15) is 20.7 Å². The molecule has 7 heteroatoms. The van der Waals surface area contributed by atoms with E-state index in [9.17, 15) is 19.8 Å². The summed E-state index contributed by atoms with van der Waals surface area (Å²) in [5.74, 6) is -0.663. The van der Waals surface area contributed by atoms with Crippen molar-refractivity contribution in [2.24, 2.45) is 0 Å². The molecule has 0 radical (unpaired) electrons. The summed E-state index contributed by atoms with van der Waals surface area (Å²) in [6.07, 6.45) is -2.09. The van der Waals surface area contributed by atoms with Crippen LogP contribution in [0.5, 0.6) is 0 Å². The second-order valence-electron chi connectivity index (χ2n) is 8.07. The van der Waals surface area contributed by atoms with Crippen molar-refractivity contribution in [3.05, 3.63) is 96.1 Å². The highest BCUT2D eigenvalue weighted by atomic mass is 16.5. The van der Waals surface area contributed by atoms with E-state index in [1.54, 1.807) is 42.5 Å². The number of nitrogens with one attached hydrogen (secondary N) is 2. The van der Waals surface area contributed by atoms with Gasteiger partial charge in [0.15, 0.2) is 0 Å². The van der Waals surface area contributed by atoms with Gasteiger partial charge in [-0.05, 0) is 29.3 Å². The maximum atomic E-state index is 12.9. The fraction of sp³-hybridized carbons (Fsp3) is 0.231. The van der Waals surface area contributed by atoms with Crippen LogP contribution in [-0.2, 0) is 4.74 Å². The number of rotatable bonds is 7. The summed E-state index contributed by atoms with van der Waals surface area (Å²) in [5.41, 5.74) is 1.02. The Morgan fingerprint density at radius 1 is 0.879 bits per heavy atom. The Bertz CT molecular complexity index is 1110. The van der Waals surface area contributed by atoms with Crippen molar-refractivity contribution >= 4 is 11.8 Å². The number of hydrogen-bond acceptors (Lipinski definition) is 5. The normalized spacial score (nSPS) is 22.0. The van der Waals surface area contributed by atoms with Gasteiger partial charge in [0.05, 0.1) is 13.2 Å². The first-order valence-electron chi connectivity index (χ1n) is 10.8. The van der Waals surface area contributed by atoms with E-state index in [4.69, 9.17) is 4.74 Å². The van der Waals surface area contributed by atoms with Crippen LogP contribution in [0.2, 0.25) is 0 Å². The molecule has 0 aliphatic carbocycles. The molecule has 7 nitrogen and oxygen atoms in total. The Balaban J connectivity index is 1.35. The van der Waals surface area contributed by atoms with Gasteiger partial charge in [-0.2, -0.15) is 0 Å². The van der Waals surface area contributed by atoms with E-state index in [1.165, 1.54) is 0 Å². The predicted molar refractivity (Wildman–Crippen MR) is 124 cm³/mol. The SMILES string of the molecule is O=C(NC[C@]1(O)COC(CNC(=O)c2ccccc2-c2ccccc2)[C@H]1O)c1ccccc1. The van der Waals surface area contributed by atoms with Gasteiger partial charge in [0.25, 0.3) is 11.8 Å². The lowest BCUT2D eigenvalue weighted by atomic mass is 9.96. The largest absolute Gasteiger partial charge is 0.387 e. The third-order valence-corrected chi connectivity index (χ3v) is 5.76. The molecular weight excluding hydrogens is 420 g/mol. The molecule has 0 spiro atoms. The molecule has 4 N–H and O–H groups in total. The van der Waals surface area contributed by atoms with Crippen molar-refractivity contribution in [2.45, 2.75) is 17.8 Å². The zero-order chi connectivity index (χ0) is 23.3. The molecule has 1 saturated heterocycles. The van der Waals surface area contributed by atoms with Gasteiger partial charge in [-0.25, -0.2) is 0 Å². The number of ether oxygens (including phenoxy) is 1. The monoisotopic (exact) mass is 446 g/mol. The van der Waals surface area contributed by atoms with Crippen LogP contribution in [-0.4, -0.2) is 59.5 Å². The van der Waals surface area contributed by atoms with Gasteiger partial charge < -0.3 is 25.6 Å². The van der Waals surface area contributed by atoms with Gasteiger partial charge in [-0.1, -0.05) is 66.7 Å². The van der Waals surface area contributed by atoms with Gasteiger partial charge >= 0.3 is 0 Å². The Hall–Kier alpha value is -3.52. The summed E-state index contributed by atoms with van der Waals surface area (Å²) in [6.45, 7) is -0.328. The van der Waals surface area contributed by atoms with E-state index in [0.717, 1.165) is 11.1 Å². The Morgan fingerprint density at radius 3 is 2.24 bits per heavy atom. The molecule has 0 aromatic heterocycles. The number of amides is 2. The molecule has 1 fully saturated rings. The highest BCUT2D eigenvalue weighted by Gasteiger charge is 2.48. The number of carbonyl (C=O) groups is 2. The zero-order valence-electron chi connectivity index (χ0n) is 18.0. The number of aliphatic hydroxyl groups excluding tert-OH is 1. The van der Waals surface area contributed by atoms with Gasteiger partial charge in [0, 0.05) is 17.7 Å². The lowest BCUT2D eigenvalue weighted by Crippen LogP contribution is -2.53. The molecule has 1 unspecified atom stereocenters. The molecule has 1 heterocycles. The number of hydrogen-bond donors (Lipinski definition) is 4. The summed E-state index contributed by atoms with van der Waals surface area (Å²) < 4.78 is 5.55. The van der Waals surface area contributed by atoms with Crippen LogP contribution >= 0.6 is 0 Å². The van der Waals surface area contributed by atoms with E-state index in [2.05, 4.69) is 10.6 Å². The first-order chi connectivity index (χ1) is 16.0. The molecule has 4 rings (SSSR count). The standard InChI is InChI=1S/C26H26N2O5/c29-23-22(33-17-26(23,32)16-28-24(30)19-11-5-2-6-12-19)15-27-25(31)21-14-8-7-13-20(21)18-9-3-1-4-10-18/h1-14,22-23,29,32H,15-17H2,(H,27,31)(H,28,30)/t22?,23-,26+/m1/s1. The van der Waals surface area contributed by atoms with Crippen LogP contribution in [0.3, 0.4) is 0 Å². The molecule has 3 aromatic rings. The molecule has 1 aliphatic heterocycles. The van der Waals surface area contributed by atoms with Crippen molar-refractivity contribution in [1.82, 2.24) is 10.6 Å². The molecular formula is C26H26N2O5. The third kappa shape index (κ3) is 5.12. The summed E-state index contributed by atoms with van der Waals surface area (Å²) in [7, 11) is 0. The number of benzene rings is 3. The van der Waals surface area contributed by atoms with Gasteiger partial charge in [0.1, 0.15) is 17.8 Å². The summed E-state index contributed by atoms with van der Waals surface area (Å²) in [4.78, 5) is 25.1. The minimum absolute atomic E-state index is 0.0120. The number of aliphatic hydroxyl groups is 2. The fourth-order valence-electron chi connectivity index (χ4n) is 3.86. The zero-order valence-corrected chi connectivity index (χ0v) is 18.0. The lowest BCUT2D eigenvalue weighted by molar-refractivity contribution is -0.0464. The van der Waals surface area contributed by atoms with Gasteiger partial charge in [-0.15, -0.1) is 0 Å². The van der Waals surface area contributed by atoms with Crippen LogP contribution < -0.4 is 10.6 Å². The van der Waals surface area contributed by atoms with Crippen LogP contribution in [0.15, 0.2) is 84.9 Å². The Morgan fingerprint density at radius 2 is 1.52 bits per heavy atom. The maximum Gasteiger partial charge on any atom is 0.252 e. The molecule has 170 valence electrons. The maximum absolute atomic E-state index is 12.9. The second-order valence-corrected chi connectivity index (χ2v) is 8.07. The summed E-state index contributed by atoms with van der Waals surface area (Å²) >= 11 is 0. The smallest absolute Gasteiger partial charge is 0.252 e. The Kier molecular flexibility index (Phi) is 6.84. The topological polar surface area (TPSA) is 108 Å². The average Bonchev–Trinajstić information content (AvgIpc) is 3.15. The van der Waals surface area contributed by atoms with Crippen LogP contribution in [0.25, 0.3) is 11.1 Å². The minimum atomic E-state index is -1.65. The van der Waals surface area contributed by atoms with E-state index in [-0.39, 0.29) is 31.5 Å². The van der Waals surface area contributed by atoms with Crippen molar-refractivity contribution in [2.75, 3.05) is 19.7 Å². The van der Waals surface area contributed by atoms with Crippen LogP contribution in [0.4, 0.5) is 0 Å². The molecule has 1 aliphatic rings. The second kappa shape index (κ2) is 9.95. The van der Waals surface area contributed by atoms with Crippen molar-refractivity contribution in [3.8, 4) is 11.1 Å². The highest BCUT2D eigenvalue weighted by Crippen LogP contribution is 2.26. The van der Waals surface area contributed by atoms with Gasteiger partial charge in [0.2, 0.25) is 0 Å². The van der Waals surface area contributed by atoms with Crippen molar-refractivity contribution < 1.29 is 24.5 Å². The molecule has 3 aromatic carbocycles. The third-order valence-electron chi connectivity index (χ3n) is 5.76. The average molecular weight is 447 g/mol. The fourth-order valence-corrected chi connectivity index (χ4v) is 3.86. The van der Waals surface area contributed by atoms with E-state index in [0.29, 0.717) is 11.1 Å². The minimum Gasteiger partial charge on any atom is -0.387 e. The number of carbonyl (C=O) groups excluding carboxylic acids is 2. The predicted octanol–water partition coefficient (Wildman–Crippen LogP) is 2.00. The first-order valence-corrected chi connectivity index (χ1v) is 10.8. The molecule has 2 amide bonds. The highest BCUT2D eigenvalue weighted by molar-refractivity contribution is 6.00. The summed E-state index contributed by atoms with van der Waals surface area (Å²) in [6, 6.07) is 25.5. The molecule has 3 atom stereocenters. The lowest BCUT2D eigenvalue weighted by Gasteiger charge is -2.26. The quantitative estimate of drug-likeness (QED) is 0.444. The van der Waals surface area contributed by atoms with E-state index in [1.807, 2.05) is 42.5 Å². The van der Waals surface area contributed by atoms with Crippen molar-refractivity contribution in [1.29, 1.82) is 0 Å².